The minimum atomic E-state index is -0.422. The predicted molar refractivity (Wildman–Crippen MR) is 106 cm³/mol. The van der Waals surface area contributed by atoms with E-state index in [9.17, 15) is 4.79 Å². The molecule has 0 aliphatic carbocycles. The van der Waals surface area contributed by atoms with Gasteiger partial charge in [0.25, 0.3) is 0 Å². The summed E-state index contributed by atoms with van der Waals surface area (Å²) in [5.41, 5.74) is 3.08. The summed E-state index contributed by atoms with van der Waals surface area (Å²) in [5, 5.41) is 0. The molecule has 1 amide bonds. The fourth-order valence-corrected chi connectivity index (χ4v) is 4.17. The van der Waals surface area contributed by atoms with Crippen molar-refractivity contribution in [1.82, 2.24) is 14.5 Å². The molecule has 5 heteroatoms. The second-order valence-corrected chi connectivity index (χ2v) is 7.74. The molecule has 0 saturated carbocycles. The van der Waals surface area contributed by atoms with E-state index in [1.165, 1.54) is 5.56 Å². The quantitative estimate of drug-likeness (QED) is 0.644. The van der Waals surface area contributed by atoms with Gasteiger partial charge in [-0.15, -0.1) is 0 Å². The van der Waals surface area contributed by atoms with E-state index in [1.807, 2.05) is 18.5 Å². The van der Waals surface area contributed by atoms with Crippen molar-refractivity contribution in [3.05, 3.63) is 76.5 Å². The van der Waals surface area contributed by atoms with Gasteiger partial charge in [0.05, 0.1) is 5.54 Å². The zero-order valence-electron chi connectivity index (χ0n) is 14.8. The zero-order valence-corrected chi connectivity index (χ0v) is 16.4. The van der Waals surface area contributed by atoms with Gasteiger partial charge in [-0.3, -0.25) is 4.79 Å². The predicted octanol–water partition coefficient (Wildman–Crippen LogP) is 4.29. The van der Waals surface area contributed by atoms with E-state index in [0.29, 0.717) is 12.8 Å². The third kappa shape index (κ3) is 2.50. The van der Waals surface area contributed by atoms with Crippen LogP contribution in [0.5, 0.6) is 0 Å². The molecule has 26 heavy (non-hydrogen) atoms. The highest BCUT2D eigenvalue weighted by atomic mass is 79.9. The highest BCUT2D eigenvalue weighted by Crippen LogP contribution is 2.49. The molecule has 0 bridgehead atoms. The largest absolute Gasteiger partial charge is 0.349 e. The second-order valence-electron chi connectivity index (χ2n) is 6.82. The molecule has 132 valence electrons. The molecular formula is C21H20BrN3O. The summed E-state index contributed by atoms with van der Waals surface area (Å²) in [7, 11) is 3.61. The second kappa shape index (κ2) is 6.40. The average Bonchev–Trinajstić information content (AvgIpc) is 3.22. The lowest BCUT2D eigenvalue weighted by molar-refractivity contribution is -0.129. The number of amides is 1. The summed E-state index contributed by atoms with van der Waals surface area (Å²) in [4.78, 5) is 18.6. The maximum absolute atomic E-state index is 12.4. The van der Waals surface area contributed by atoms with Crippen LogP contribution >= 0.6 is 15.9 Å². The molecule has 3 aromatic rings. The smallest absolute Gasteiger partial charge is 0.222 e. The van der Waals surface area contributed by atoms with Crippen LogP contribution in [0.3, 0.4) is 0 Å². The van der Waals surface area contributed by atoms with Gasteiger partial charge in [0, 0.05) is 42.9 Å². The molecule has 1 aliphatic heterocycles. The van der Waals surface area contributed by atoms with Gasteiger partial charge in [-0.25, -0.2) is 4.98 Å². The van der Waals surface area contributed by atoms with Crippen LogP contribution in [0.15, 0.2) is 65.4 Å². The van der Waals surface area contributed by atoms with Crippen molar-refractivity contribution in [2.24, 2.45) is 0 Å². The van der Waals surface area contributed by atoms with E-state index in [0.717, 1.165) is 21.4 Å². The molecule has 4 nitrogen and oxygen atoms in total. The number of fused-ring (bicyclic) bond motifs is 3. The Morgan fingerprint density at radius 2 is 1.88 bits per heavy atom. The number of aromatic nitrogens is 2. The van der Waals surface area contributed by atoms with Crippen LogP contribution in [0.4, 0.5) is 0 Å². The van der Waals surface area contributed by atoms with Crippen LogP contribution in [0.25, 0.3) is 11.4 Å². The molecule has 0 N–H and O–H groups in total. The molecule has 2 heterocycles. The average molecular weight is 410 g/mol. The van der Waals surface area contributed by atoms with Crippen molar-refractivity contribution in [1.29, 1.82) is 0 Å². The Labute approximate surface area is 161 Å². The van der Waals surface area contributed by atoms with Crippen molar-refractivity contribution in [3.63, 3.8) is 0 Å². The first-order valence-electron chi connectivity index (χ1n) is 8.64. The minimum absolute atomic E-state index is 0.132. The summed E-state index contributed by atoms with van der Waals surface area (Å²) in [6.07, 6.45) is 5.02. The van der Waals surface area contributed by atoms with Crippen LogP contribution < -0.4 is 0 Å². The van der Waals surface area contributed by atoms with Gasteiger partial charge < -0.3 is 9.47 Å². The van der Waals surface area contributed by atoms with E-state index in [1.54, 1.807) is 19.0 Å². The van der Waals surface area contributed by atoms with Crippen molar-refractivity contribution in [2.45, 2.75) is 18.4 Å². The fraction of sp³-hybridized carbons (Fsp3) is 0.238. The monoisotopic (exact) mass is 409 g/mol. The van der Waals surface area contributed by atoms with Crippen LogP contribution in [-0.2, 0) is 10.3 Å². The molecule has 1 aliphatic rings. The standard InChI is InChI=1S/C21H20BrN3O/c1-24(2)19(26)11-12-21(15-7-9-16(22)10-8-15)18-6-4-3-5-17(18)20-23-13-14-25(20)21/h3-10,13-14H,11-12H2,1-2H3. The van der Waals surface area contributed by atoms with Crippen molar-refractivity contribution < 1.29 is 4.79 Å². The van der Waals surface area contributed by atoms with Gasteiger partial charge in [-0.05, 0) is 29.7 Å². The van der Waals surface area contributed by atoms with Crippen LogP contribution in [-0.4, -0.2) is 34.5 Å². The number of hydrogen-bond donors (Lipinski definition) is 0. The number of carbonyl (C=O) groups is 1. The van der Waals surface area contributed by atoms with E-state index >= 15 is 0 Å². The summed E-state index contributed by atoms with van der Waals surface area (Å²) in [6, 6.07) is 16.8. The highest BCUT2D eigenvalue weighted by Gasteiger charge is 2.44. The summed E-state index contributed by atoms with van der Waals surface area (Å²) in [6.45, 7) is 0. The van der Waals surface area contributed by atoms with E-state index in [4.69, 9.17) is 0 Å². The van der Waals surface area contributed by atoms with Gasteiger partial charge in [0.1, 0.15) is 5.82 Å². The maximum atomic E-state index is 12.4. The number of imidazole rings is 1. The van der Waals surface area contributed by atoms with E-state index in [2.05, 4.69) is 67.9 Å². The number of nitrogens with zero attached hydrogens (tertiary/aromatic N) is 3. The van der Waals surface area contributed by atoms with E-state index < -0.39 is 5.54 Å². The van der Waals surface area contributed by atoms with Gasteiger partial charge in [0.15, 0.2) is 0 Å². The Morgan fingerprint density at radius 3 is 2.62 bits per heavy atom. The van der Waals surface area contributed by atoms with Gasteiger partial charge in [0.2, 0.25) is 5.91 Å². The molecule has 2 aromatic carbocycles. The molecule has 1 aromatic heterocycles. The number of halogens is 1. The first-order chi connectivity index (χ1) is 12.5. The zero-order chi connectivity index (χ0) is 18.3. The van der Waals surface area contributed by atoms with Crippen LogP contribution in [0.2, 0.25) is 0 Å². The number of rotatable bonds is 4. The first kappa shape index (κ1) is 17.0. The number of carbonyl (C=O) groups excluding carboxylic acids is 1. The molecule has 0 radical (unpaired) electrons. The highest BCUT2D eigenvalue weighted by molar-refractivity contribution is 9.10. The lowest BCUT2D eigenvalue weighted by Gasteiger charge is -2.34. The van der Waals surface area contributed by atoms with Gasteiger partial charge in [-0.2, -0.15) is 0 Å². The SMILES string of the molecule is CN(C)C(=O)CCC1(c2ccc(Br)cc2)c2ccccc2-c2nccn21. The topological polar surface area (TPSA) is 38.1 Å². The minimum Gasteiger partial charge on any atom is -0.349 e. The number of benzene rings is 2. The molecule has 4 rings (SSSR count). The van der Waals surface area contributed by atoms with E-state index in [-0.39, 0.29) is 5.91 Å². The third-order valence-electron chi connectivity index (χ3n) is 5.19. The molecule has 0 fully saturated rings. The van der Waals surface area contributed by atoms with Gasteiger partial charge >= 0.3 is 0 Å². The maximum Gasteiger partial charge on any atom is 0.222 e. The Balaban J connectivity index is 1.92. The lowest BCUT2D eigenvalue weighted by Crippen LogP contribution is -2.35. The lowest BCUT2D eigenvalue weighted by atomic mass is 9.79. The Bertz CT molecular complexity index is 961. The molecule has 1 unspecified atom stereocenters. The molecule has 0 spiro atoms. The molecule has 1 atom stereocenters. The Kier molecular flexibility index (Phi) is 4.19. The summed E-state index contributed by atoms with van der Waals surface area (Å²) < 4.78 is 3.27. The Morgan fingerprint density at radius 1 is 1.15 bits per heavy atom. The Hall–Kier alpha value is -2.40. The summed E-state index contributed by atoms with van der Waals surface area (Å²) >= 11 is 3.53. The summed E-state index contributed by atoms with van der Waals surface area (Å²) in [5.74, 6) is 1.09. The first-order valence-corrected chi connectivity index (χ1v) is 9.43. The fourth-order valence-electron chi connectivity index (χ4n) is 3.91. The van der Waals surface area contributed by atoms with Crippen LogP contribution in [0.1, 0.15) is 24.0 Å². The third-order valence-corrected chi connectivity index (χ3v) is 5.72. The van der Waals surface area contributed by atoms with Crippen molar-refractivity contribution in [2.75, 3.05) is 14.1 Å². The van der Waals surface area contributed by atoms with Crippen molar-refractivity contribution >= 4 is 21.8 Å². The normalized spacial score (nSPS) is 17.7. The molecule has 0 saturated heterocycles. The molecular weight excluding hydrogens is 390 g/mol. The van der Waals surface area contributed by atoms with Gasteiger partial charge in [-0.1, -0.05) is 52.3 Å². The van der Waals surface area contributed by atoms with Crippen molar-refractivity contribution in [3.8, 4) is 11.4 Å². The number of hydrogen-bond acceptors (Lipinski definition) is 2. The van der Waals surface area contributed by atoms with Crippen LogP contribution in [0, 0.1) is 0 Å².